The van der Waals surface area contributed by atoms with Crippen LogP contribution in [0.15, 0.2) is 29.2 Å². The second kappa shape index (κ2) is 7.34. The fourth-order valence-corrected chi connectivity index (χ4v) is 5.98. The van der Waals surface area contributed by atoms with Gasteiger partial charge in [0.05, 0.1) is 35.1 Å². The largest absolute Gasteiger partial charge is 0.494 e. The van der Waals surface area contributed by atoms with Crippen molar-refractivity contribution in [1.82, 2.24) is 0 Å². The minimum atomic E-state index is -3.34. The fourth-order valence-electron chi connectivity index (χ4n) is 4.29. The van der Waals surface area contributed by atoms with Crippen molar-refractivity contribution in [3.63, 3.8) is 0 Å². The molecule has 1 spiro atoms. The summed E-state index contributed by atoms with van der Waals surface area (Å²) in [5.41, 5.74) is -0.0150. The summed E-state index contributed by atoms with van der Waals surface area (Å²) in [6, 6.07) is 6.93. The molecule has 1 aromatic carbocycles. The number of hydrogen-bond donors (Lipinski definition) is 0. The maximum Gasteiger partial charge on any atom is 0.494 e. The fraction of sp³-hybridized carbons (Fsp3) is 0.714. The van der Waals surface area contributed by atoms with E-state index in [4.69, 9.17) is 18.8 Å². The average Bonchev–Trinajstić information content (AvgIpc) is 3.19. The van der Waals surface area contributed by atoms with Crippen LogP contribution < -0.4 is 5.46 Å². The van der Waals surface area contributed by atoms with Crippen molar-refractivity contribution in [2.45, 2.75) is 75.3 Å². The lowest BCUT2D eigenvalue weighted by Gasteiger charge is -2.35. The molecule has 2 heterocycles. The van der Waals surface area contributed by atoms with Crippen molar-refractivity contribution in [2.24, 2.45) is 5.92 Å². The van der Waals surface area contributed by atoms with E-state index in [2.05, 4.69) is 0 Å². The lowest BCUT2D eigenvalue weighted by atomic mass is 9.79. The summed E-state index contributed by atoms with van der Waals surface area (Å²) in [6.45, 7) is 9.28. The normalized spacial score (nSPS) is 26.3. The summed E-state index contributed by atoms with van der Waals surface area (Å²) in [7, 11) is -3.83. The van der Waals surface area contributed by atoms with Gasteiger partial charge in [0.25, 0.3) is 0 Å². The van der Waals surface area contributed by atoms with Crippen molar-refractivity contribution in [1.29, 1.82) is 0 Å². The number of benzene rings is 1. The molecule has 1 aliphatic carbocycles. The van der Waals surface area contributed by atoms with Gasteiger partial charge in [-0.1, -0.05) is 12.1 Å². The molecule has 0 radical (unpaired) electrons. The van der Waals surface area contributed by atoms with E-state index in [1.165, 1.54) is 0 Å². The predicted octanol–water partition coefficient (Wildman–Crippen LogP) is 2.69. The number of hydrogen-bond acceptors (Lipinski definition) is 6. The van der Waals surface area contributed by atoms with E-state index >= 15 is 0 Å². The molecule has 4 rings (SSSR count). The molecule has 2 saturated heterocycles. The highest BCUT2D eigenvalue weighted by atomic mass is 32.2. The molecule has 0 unspecified atom stereocenters. The first-order valence-electron chi connectivity index (χ1n) is 10.5. The molecule has 0 aromatic heterocycles. The standard InChI is InChI=1S/C21H31BO6S/c1-19(2)20(3,4)28-22(27-19)17-5-7-18(8-6-17)29(23,24)15-16-9-11-21(12-10-16)25-13-14-26-21/h5-8,16H,9-15H2,1-4H3. The third-order valence-corrected chi connectivity index (χ3v) is 8.80. The Morgan fingerprint density at radius 1 is 0.931 bits per heavy atom. The molecule has 0 atom stereocenters. The van der Waals surface area contributed by atoms with Crippen molar-refractivity contribution in [3.8, 4) is 0 Å². The molecule has 2 aliphatic heterocycles. The Bertz CT molecular complexity index is 816. The van der Waals surface area contributed by atoms with Crippen molar-refractivity contribution in [3.05, 3.63) is 24.3 Å². The maximum atomic E-state index is 12.9. The van der Waals surface area contributed by atoms with Gasteiger partial charge in [-0.3, -0.25) is 0 Å². The summed E-state index contributed by atoms with van der Waals surface area (Å²) in [6.07, 6.45) is 3.17. The van der Waals surface area contributed by atoms with Gasteiger partial charge in [-0.15, -0.1) is 0 Å². The molecule has 3 aliphatic rings. The molecule has 0 bridgehead atoms. The van der Waals surface area contributed by atoms with Crippen LogP contribution in [0, 0.1) is 5.92 Å². The van der Waals surface area contributed by atoms with E-state index in [0.29, 0.717) is 18.1 Å². The Kier molecular flexibility index (Phi) is 5.40. The highest BCUT2D eigenvalue weighted by Gasteiger charge is 2.51. The number of rotatable bonds is 4. The van der Waals surface area contributed by atoms with Crippen LogP contribution in [-0.2, 0) is 28.6 Å². The van der Waals surface area contributed by atoms with Crippen LogP contribution in [0.5, 0.6) is 0 Å². The van der Waals surface area contributed by atoms with E-state index < -0.39 is 33.9 Å². The Balaban J connectivity index is 1.39. The minimum absolute atomic E-state index is 0.140. The van der Waals surface area contributed by atoms with Crippen LogP contribution in [0.25, 0.3) is 0 Å². The van der Waals surface area contributed by atoms with Gasteiger partial charge in [-0.25, -0.2) is 8.42 Å². The zero-order valence-corrected chi connectivity index (χ0v) is 18.6. The van der Waals surface area contributed by atoms with Crippen LogP contribution in [0.2, 0.25) is 0 Å². The van der Waals surface area contributed by atoms with Gasteiger partial charge in [0.15, 0.2) is 15.6 Å². The van der Waals surface area contributed by atoms with Gasteiger partial charge in [0.1, 0.15) is 0 Å². The third kappa shape index (κ3) is 4.15. The maximum absolute atomic E-state index is 12.9. The first-order valence-corrected chi connectivity index (χ1v) is 12.1. The number of ether oxygens (including phenoxy) is 2. The quantitative estimate of drug-likeness (QED) is 0.695. The molecule has 3 fully saturated rings. The van der Waals surface area contributed by atoms with Gasteiger partial charge in [0.2, 0.25) is 0 Å². The summed E-state index contributed by atoms with van der Waals surface area (Å²) in [5.74, 6) is -0.148. The van der Waals surface area contributed by atoms with E-state index in [-0.39, 0.29) is 11.7 Å². The van der Waals surface area contributed by atoms with Crippen LogP contribution in [0.1, 0.15) is 53.4 Å². The molecule has 8 heteroatoms. The van der Waals surface area contributed by atoms with Crippen LogP contribution in [0.4, 0.5) is 0 Å². The van der Waals surface area contributed by atoms with E-state index in [0.717, 1.165) is 31.1 Å². The molecule has 6 nitrogen and oxygen atoms in total. The SMILES string of the molecule is CC1(C)OB(c2ccc(S(=O)(=O)CC3CCC4(CC3)OCCO4)cc2)OC1(C)C. The van der Waals surface area contributed by atoms with Crippen molar-refractivity contribution >= 4 is 22.4 Å². The second-order valence-corrected chi connectivity index (χ2v) is 11.5. The summed E-state index contributed by atoms with van der Waals surface area (Å²) in [5, 5.41) is 0. The molecule has 1 saturated carbocycles. The minimum Gasteiger partial charge on any atom is -0.399 e. The highest BCUT2D eigenvalue weighted by Crippen LogP contribution is 2.39. The Morgan fingerprint density at radius 3 is 1.97 bits per heavy atom. The third-order valence-electron chi connectivity index (χ3n) is 6.90. The van der Waals surface area contributed by atoms with Crippen LogP contribution in [0.3, 0.4) is 0 Å². The van der Waals surface area contributed by atoms with Gasteiger partial charge >= 0.3 is 7.12 Å². The summed E-state index contributed by atoms with van der Waals surface area (Å²) in [4.78, 5) is 0.353. The second-order valence-electron chi connectivity index (χ2n) is 9.49. The van der Waals surface area contributed by atoms with Crippen molar-refractivity contribution in [2.75, 3.05) is 19.0 Å². The van der Waals surface area contributed by atoms with Crippen molar-refractivity contribution < 1.29 is 27.2 Å². The van der Waals surface area contributed by atoms with Gasteiger partial charge in [0, 0.05) is 12.8 Å². The zero-order valence-electron chi connectivity index (χ0n) is 17.8. The van der Waals surface area contributed by atoms with Gasteiger partial charge < -0.3 is 18.8 Å². The van der Waals surface area contributed by atoms with E-state index in [9.17, 15) is 8.42 Å². The molecule has 29 heavy (non-hydrogen) atoms. The Morgan fingerprint density at radius 2 is 1.45 bits per heavy atom. The van der Waals surface area contributed by atoms with Gasteiger partial charge in [-0.05, 0) is 64.1 Å². The van der Waals surface area contributed by atoms with Crippen LogP contribution in [-0.4, -0.2) is 51.5 Å². The van der Waals surface area contributed by atoms with Crippen LogP contribution >= 0.6 is 0 Å². The van der Waals surface area contributed by atoms with Gasteiger partial charge in [-0.2, -0.15) is 0 Å². The molecule has 0 amide bonds. The predicted molar refractivity (Wildman–Crippen MR) is 111 cm³/mol. The topological polar surface area (TPSA) is 71.1 Å². The lowest BCUT2D eigenvalue weighted by Crippen LogP contribution is -2.41. The first-order chi connectivity index (χ1) is 13.5. The Labute approximate surface area is 174 Å². The molecular weight excluding hydrogens is 391 g/mol. The first kappa shape index (κ1) is 21.3. The van der Waals surface area contributed by atoms with E-state index in [1.807, 2.05) is 27.7 Å². The summed E-state index contributed by atoms with van der Waals surface area (Å²) < 4.78 is 49.4. The molecule has 0 N–H and O–H groups in total. The molecule has 1 aromatic rings. The molecular formula is C21H31BO6S. The smallest absolute Gasteiger partial charge is 0.399 e. The Hall–Kier alpha value is -0.925. The number of sulfone groups is 1. The van der Waals surface area contributed by atoms with E-state index in [1.54, 1.807) is 24.3 Å². The molecule has 160 valence electrons. The highest BCUT2D eigenvalue weighted by molar-refractivity contribution is 7.91. The monoisotopic (exact) mass is 422 g/mol. The average molecular weight is 422 g/mol. The summed E-state index contributed by atoms with van der Waals surface area (Å²) >= 11 is 0. The lowest BCUT2D eigenvalue weighted by molar-refractivity contribution is -0.181. The zero-order chi connectivity index (χ0) is 20.9.